The van der Waals surface area contributed by atoms with Crippen LogP contribution in [0.2, 0.25) is 0 Å². The van der Waals surface area contributed by atoms with Crippen LogP contribution in [0.3, 0.4) is 0 Å². The summed E-state index contributed by atoms with van der Waals surface area (Å²) in [6, 6.07) is 0. The van der Waals surface area contributed by atoms with Gasteiger partial charge >= 0.3 is 35.8 Å². The largest absolute Gasteiger partial charge is 0.472 e. The number of fused-ring (bicyclic) bond motifs is 1. The summed E-state index contributed by atoms with van der Waals surface area (Å²) in [7, 11) is 0. The second-order valence-electron chi connectivity index (χ2n) is 10.6. The molecular weight excluding hydrogens is 580 g/mol. The molecular formula is C27H36O16. The Hall–Kier alpha value is -3.76. The van der Waals surface area contributed by atoms with Crippen molar-refractivity contribution in [2.75, 3.05) is 6.61 Å². The standard InChI is InChI=1S/C27H36O16/c1-12(28)36-11-18-20(38-14(3)30)21(39-15(4)31)22(40-16(5)32)24(41-18)42-25-23-26(7,43-17(6)33)10-19(37-13(2)29)27(23,34)8-9-35-25/h8-9,18-25,34H,10-11H2,1-7H3. The van der Waals surface area contributed by atoms with Crippen LogP contribution in [0.15, 0.2) is 12.3 Å². The lowest BCUT2D eigenvalue weighted by atomic mass is 9.81. The zero-order chi connectivity index (χ0) is 32.3. The van der Waals surface area contributed by atoms with Crippen LogP contribution in [0.25, 0.3) is 0 Å². The first-order chi connectivity index (χ1) is 20.0. The molecule has 10 atom stereocenters. The number of ether oxygens (including phenoxy) is 9. The molecule has 3 rings (SSSR count). The molecule has 16 nitrogen and oxygen atoms in total. The Morgan fingerprint density at radius 1 is 0.767 bits per heavy atom. The fourth-order valence-corrected chi connectivity index (χ4v) is 5.68. The lowest BCUT2D eigenvalue weighted by Gasteiger charge is -2.47. The number of carbonyl (C=O) groups is 6. The molecule has 0 aromatic carbocycles. The molecule has 2 heterocycles. The molecule has 0 radical (unpaired) electrons. The summed E-state index contributed by atoms with van der Waals surface area (Å²) in [5, 5.41) is 11.8. The Labute approximate surface area is 246 Å². The molecule has 0 aromatic rings. The molecule has 0 aromatic heterocycles. The highest BCUT2D eigenvalue weighted by Crippen LogP contribution is 2.52. The summed E-state index contributed by atoms with van der Waals surface area (Å²) < 4.78 is 50.0. The number of hydrogen-bond acceptors (Lipinski definition) is 16. The maximum Gasteiger partial charge on any atom is 0.303 e. The lowest BCUT2D eigenvalue weighted by molar-refractivity contribution is -0.353. The predicted molar refractivity (Wildman–Crippen MR) is 136 cm³/mol. The minimum Gasteiger partial charge on any atom is -0.472 e. The van der Waals surface area contributed by atoms with E-state index >= 15 is 0 Å². The molecule has 2 fully saturated rings. The van der Waals surface area contributed by atoms with E-state index in [1.54, 1.807) is 0 Å². The molecule has 0 amide bonds. The summed E-state index contributed by atoms with van der Waals surface area (Å²) in [6.45, 7) is 7.61. The van der Waals surface area contributed by atoms with Crippen molar-refractivity contribution in [1.82, 2.24) is 0 Å². The van der Waals surface area contributed by atoms with Crippen molar-refractivity contribution in [2.24, 2.45) is 5.92 Å². The van der Waals surface area contributed by atoms with E-state index in [9.17, 15) is 33.9 Å². The van der Waals surface area contributed by atoms with Crippen molar-refractivity contribution < 1.29 is 76.5 Å². The van der Waals surface area contributed by atoms with E-state index in [2.05, 4.69) is 0 Å². The second kappa shape index (κ2) is 13.3. The van der Waals surface area contributed by atoms with Gasteiger partial charge in [0.15, 0.2) is 18.3 Å². The maximum atomic E-state index is 12.2. The summed E-state index contributed by atoms with van der Waals surface area (Å²) >= 11 is 0. The van der Waals surface area contributed by atoms with Gasteiger partial charge in [0.2, 0.25) is 12.6 Å². The third-order valence-electron chi connectivity index (χ3n) is 6.98. The first-order valence-corrected chi connectivity index (χ1v) is 13.3. The molecule has 10 unspecified atom stereocenters. The Kier molecular flexibility index (Phi) is 10.4. The smallest absolute Gasteiger partial charge is 0.303 e. The molecule has 2 aliphatic heterocycles. The van der Waals surface area contributed by atoms with Crippen LogP contribution < -0.4 is 0 Å². The summed E-state index contributed by atoms with van der Waals surface area (Å²) in [4.78, 5) is 71.8. The fraction of sp³-hybridized carbons (Fsp3) is 0.704. The van der Waals surface area contributed by atoms with E-state index in [4.69, 9.17) is 42.6 Å². The van der Waals surface area contributed by atoms with Gasteiger partial charge < -0.3 is 47.7 Å². The zero-order valence-corrected chi connectivity index (χ0v) is 24.8. The van der Waals surface area contributed by atoms with E-state index in [1.807, 2.05) is 0 Å². The number of aliphatic hydroxyl groups is 1. The average Bonchev–Trinajstić information content (AvgIpc) is 3.06. The summed E-state index contributed by atoms with van der Waals surface area (Å²) in [6.07, 6.45) is -8.09. The van der Waals surface area contributed by atoms with Gasteiger partial charge in [0.05, 0.1) is 12.2 Å². The SMILES string of the molecule is CC(=O)OCC1OC(OC2OC=CC3(O)C(OC(C)=O)CC(C)(OC(C)=O)C23)C(OC(C)=O)C(OC(C)=O)C1OC(C)=O. The van der Waals surface area contributed by atoms with Crippen molar-refractivity contribution in [3.63, 3.8) is 0 Å². The molecule has 1 N–H and O–H groups in total. The predicted octanol–water partition coefficient (Wildman–Crippen LogP) is -0.0394. The summed E-state index contributed by atoms with van der Waals surface area (Å²) in [5.41, 5.74) is -3.51. The van der Waals surface area contributed by atoms with Crippen molar-refractivity contribution in [2.45, 2.75) is 109 Å². The van der Waals surface area contributed by atoms with Crippen molar-refractivity contribution in [3.05, 3.63) is 12.3 Å². The van der Waals surface area contributed by atoms with E-state index in [0.29, 0.717) is 0 Å². The van der Waals surface area contributed by atoms with E-state index in [0.717, 1.165) is 47.8 Å². The first-order valence-electron chi connectivity index (χ1n) is 13.3. The maximum absolute atomic E-state index is 12.2. The topological polar surface area (TPSA) is 206 Å². The van der Waals surface area contributed by atoms with E-state index < -0.39 is 103 Å². The van der Waals surface area contributed by atoms with Crippen LogP contribution in [0.1, 0.15) is 54.9 Å². The molecule has 1 saturated heterocycles. The van der Waals surface area contributed by atoms with Gasteiger partial charge in [-0.05, 0) is 13.0 Å². The van der Waals surface area contributed by atoms with Gasteiger partial charge in [-0.1, -0.05) is 0 Å². The van der Waals surface area contributed by atoms with Crippen molar-refractivity contribution in [1.29, 1.82) is 0 Å². The third kappa shape index (κ3) is 7.80. The monoisotopic (exact) mass is 616 g/mol. The Morgan fingerprint density at radius 3 is 1.86 bits per heavy atom. The molecule has 16 heteroatoms. The molecule has 3 aliphatic rings. The van der Waals surface area contributed by atoms with Gasteiger partial charge in [-0.3, -0.25) is 28.8 Å². The molecule has 240 valence electrons. The van der Waals surface area contributed by atoms with Gasteiger partial charge in [0.1, 0.15) is 30.0 Å². The fourth-order valence-electron chi connectivity index (χ4n) is 5.68. The average molecular weight is 617 g/mol. The van der Waals surface area contributed by atoms with E-state index in [1.165, 1.54) is 13.0 Å². The molecule has 43 heavy (non-hydrogen) atoms. The quantitative estimate of drug-likeness (QED) is 0.266. The normalized spacial score (nSPS) is 36.3. The van der Waals surface area contributed by atoms with Gasteiger partial charge in [0.25, 0.3) is 0 Å². The highest BCUT2D eigenvalue weighted by Gasteiger charge is 2.68. The van der Waals surface area contributed by atoms with Crippen LogP contribution in [0.4, 0.5) is 0 Å². The van der Waals surface area contributed by atoms with Gasteiger partial charge in [-0.2, -0.15) is 0 Å². The Balaban J connectivity index is 2.07. The highest BCUT2D eigenvalue weighted by molar-refractivity contribution is 5.69. The number of hydrogen-bond donors (Lipinski definition) is 1. The first kappa shape index (κ1) is 33.7. The molecule has 1 aliphatic carbocycles. The summed E-state index contributed by atoms with van der Waals surface area (Å²) in [5.74, 6) is -5.91. The van der Waals surface area contributed by atoms with Gasteiger partial charge in [-0.15, -0.1) is 0 Å². The Morgan fingerprint density at radius 2 is 1.33 bits per heavy atom. The number of carbonyl (C=O) groups excluding carboxylic acids is 6. The van der Waals surface area contributed by atoms with Gasteiger partial charge in [-0.25, -0.2) is 0 Å². The lowest BCUT2D eigenvalue weighted by Crippen LogP contribution is -2.64. The molecule has 0 spiro atoms. The molecule has 0 bridgehead atoms. The zero-order valence-electron chi connectivity index (χ0n) is 24.8. The number of esters is 6. The minimum atomic E-state index is -1.98. The van der Waals surface area contributed by atoms with Crippen LogP contribution in [-0.4, -0.2) is 102 Å². The van der Waals surface area contributed by atoms with Crippen molar-refractivity contribution >= 4 is 35.8 Å². The Bertz CT molecular complexity index is 1150. The van der Waals surface area contributed by atoms with Crippen LogP contribution in [0, 0.1) is 5.92 Å². The van der Waals surface area contributed by atoms with Crippen LogP contribution in [-0.2, 0) is 71.4 Å². The number of rotatable bonds is 9. The van der Waals surface area contributed by atoms with Crippen molar-refractivity contribution in [3.8, 4) is 0 Å². The second-order valence-corrected chi connectivity index (χ2v) is 10.6. The minimum absolute atomic E-state index is 0.153. The molecule has 1 saturated carbocycles. The van der Waals surface area contributed by atoms with Crippen LogP contribution in [0.5, 0.6) is 0 Å². The van der Waals surface area contributed by atoms with E-state index in [-0.39, 0.29) is 6.42 Å². The third-order valence-corrected chi connectivity index (χ3v) is 6.98. The van der Waals surface area contributed by atoms with Crippen LogP contribution >= 0.6 is 0 Å². The van der Waals surface area contributed by atoms with Gasteiger partial charge in [0, 0.05) is 48.0 Å². The highest BCUT2D eigenvalue weighted by atomic mass is 16.8.